The van der Waals surface area contributed by atoms with Crippen LogP contribution in [-0.4, -0.2) is 26.3 Å². The molecule has 0 bridgehead atoms. The molecule has 0 radical (unpaired) electrons. The van der Waals surface area contributed by atoms with Crippen molar-refractivity contribution in [1.82, 2.24) is 0 Å². The highest BCUT2D eigenvalue weighted by Gasteiger charge is 2.33. The summed E-state index contributed by atoms with van der Waals surface area (Å²) >= 11 is 1.35. The maximum Gasteiger partial charge on any atom is 0.573 e. The van der Waals surface area contributed by atoms with E-state index < -0.39 is 6.36 Å². The Morgan fingerprint density at radius 1 is 1.25 bits per heavy atom. The van der Waals surface area contributed by atoms with E-state index in [9.17, 15) is 13.2 Å². The lowest BCUT2D eigenvalue weighted by Gasteiger charge is -2.17. The Kier molecular flexibility index (Phi) is 6.48. The van der Waals surface area contributed by atoms with E-state index in [1.165, 1.54) is 24.9 Å². The predicted octanol–water partition coefficient (Wildman–Crippen LogP) is 3.60. The van der Waals surface area contributed by atoms with E-state index in [1.807, 2.05) is 6.07 Å². The van der Waals surface area contributed by atoms with Gasteiger partial charge in [0.15, 0.2) is 11.5 Å². The fourth-order valence-corrected chi connectivity index (χ4v) is 2.31. The molecule has 1 aromatic carbocycles. The number of rotatable bonds is 7. The van der Waals surface area contributed by atoms with Crippen LogP contribution in [0.15, 0.2) is 17.0 Å². The zero-order chi connectivity index (χ0) is 15.2. The minimum absolute atomic E-state index is 0.136. The van der Waals surface area contributed by atoms with Gasteiger partial charge in [-0.2, -0.15) is 0 Å². The van der Waals surface area contributed by atoms with Crippen LogP contribution in [0.25, 0.3) is 0 Å². The Balaban J connectivity index is 3.10. The highest BCUT2D eigenvalue weighted by molar-refractivity contribution is 7.98. The van der Waals surface area contributed by atoms with Crippen molar-refractivity contribution in [1.29, 1.82) is 0 Å². The number of thioether (sulfide) groups is 1. The monoisotopic (exact) mass is 309 g/mol. The molecule has 0 aliphatic carbocycles. The molecule has 0 aromatic heterocycles. The molecule has 0 unspecified atom stereocenters. The van der Waals surface area contributed by atoms with Crippen LogP contribution in [0.5, 0.6) is 11.5 Å². The molecule has 0 heterocycles. The van der Waals surface area contributed by atoms with Crippen LogP contribution >= 0.6 is 11.8 Å². The molecule has 3 nitrogen and oxygen atoms in total. The molecule has 0 saturated heterocycles. The third kappa shape index (κ3) is 5.13. The number of hydrogen-bond acceptors (Lipinski definition) is 4. The lowest BCUT2D eigenvalue weighted by atomic mass is 10.1. The number of nitrogens with two attached hydrogens (primary N) is 1. The summed E-state index contributed by atoms with van der Waals surface area (Å²) < 4.78 is 46.4. The SMILES string of the molecule is COc1c(CCCCN)cc(SC)cc1OC(F)(F)F. The van der Waals surface area contributed by atoms with Crippen molar-refractivity contribution >= 4 is 11.8 Å². The van der Waals surface area contributed by atoms with Gasteiger partial charge in [0.05, 0.1) is 7.11 Å². The summed E-state index contributed by atoms with van der Waals surface area (Å²) in [6, 6.07) is 3.16. The van der Waals surface area contributed by atoms with Gasteiger partial charge in [-0.25, -0.2) is 0 Å². The molecule has 1 aromatic rings. The topological polar surface area (TPSA) is 44.5 Å². The summed E-state index contributed by atoms with van der Waals surface area (Å²) in [4.78, 5) is 0.702. The van der Waals surface area contributed by atoms with Gasteiger partial charge >= 0.3 is 6.36 Å². The van der Waals surface area contributed by atoms with Crippen LogP contribution in [0.3, 0.4) is 0 Å². The Morgan fingerprint density at radius 2 is 1.95 bits per heavy atom. The van der Waals surface area contributed by atoms with Gasteiger partial charge in [-0.1, -0.05) is 0 Å². The maximum absolute atomic E-state index is 12.4. The Labute approximate surface area is 120 Å². The van der Waals surface area contributed by atoms with Crippen molar-refractivity contribution < 1.29 is 22.6 Å². The Morgan fingerprint density at radius 3 is 2.45 bits per heavy atom. The Hall–Kier alpha value is -1.08. The summed E-state index contributed by atoms with van der Waals surface area (Å²) in [7, 11) is 1.34. The van der Waals surface area contributed by atoms with Crippen LogP contribution in [0.2, 0.25) is 0 Å². The molecule has 1 rings (SSSR count). The summed E-state index contributed by atoms with van der Waals surface area (Å²) in [6.07, 6.45) is -0.747. The second kappa shape index (κ2) is 7.64. The number of methoxy groups -OCH3 is 1. The molecule has 2 N–H and O–H groups in total. The minimum atomic E-state index is -4.74. The van der Waals surface area contributed by atoms with E-state index in [4.69, 9.17) is 10.5 Å². The molecule has 0 amide bonds. The van der Waals surface area contributed by atoms with Crippen LogP contribution in [-0.2, 0) is 6.42 Å². The number of ether oxygens (including phenoxy) is 2. The highest BCUT2D eigenvalue weighted by atomic mass is 32.2. The lowest BCUT2D eigenvalue weighted by Crippen LogP contribution is -2.18. The number of halogens is 3. The van der Waals surface area contributed by atoms with Crippen molar-refractivity contribution in [3.63, 3.8) is 0 Å². The normalized spacial score (nSPS) is 11.5. The molecule has 0 saturated carbocycles. The third-order valence-electron chi connectivity index (χ3n) is 2.67. The third-order valence-corrected chi connectivity index (χ3v) is 3.38. The molecule has 0 aliphatic heterocycles. The number of hydrogen-bond donors (Lipinski definition) is 1. The predicted molar refractivity (Wildman–Crippen MR) is 73.5 cm³/mol. The van der Waals surface area contributed by atoms with Gasteiger partial charge in [0, 0.05) is 4.90 Å². The van der Waals surface area contributed by atoms with Gasteiger partial charge in [0.1, 0.15) is 0 Å². The van der Waals surface area contributed by atoms with Gasteiger partial charge < -0.3 is 15.2 Å². The van der Waals surface area contributed by atoms with Gasteiger partial charge in [-0.3, -0.25) is 0 Å². The van der Waals surface area contributed by atoms with Gasteiger partial charge in [-0.05, 0) is 49.8 Å². The number of aryl methyl sites for hydroxylation is 1. The maximum atomic E-state index is 12.4. The molecule has 0 atom stereocenters. The van der Waals surface area contributed by atoms with Crippen molar-refractivity contribution in [2.24, 2.45) is 5.73 Å². The highest BCUT2D eigenvalue weighted by Crippen LogP contribution is 2.39. The van der Waals surface area contributed by atoms with Crippen LogP contribution in [0, 0.1) is 0 Å². The fraction of sp³-hybridized carbons (Fsp3) is 0.538. The average Bonchev–Trinajstić information content (AvgIpc) is 2.36. The zero-order valence-corrected chi connectivity index (χ0v) is 12.2. The molecule has 7 heteroatoms. The first kappa shape index (κ1) is 17.0. The number of alkyl halides is 3. The van der Waals surface area contributed by atoms with Crippen molar-refractivity contribution in [3.05, 3.63) is 17.7 Å². The zero-order valence-electron chi connectivity index (χ0n) is 11.4. The molecule has 0 spiro atoms. The van der Waals surface area contributed by atoms with E-state index in [-0.39, 0.29) is 11.5 Å². The molecule has 0 fully saturated rings. The summed E-state index contributed by atoms with van der Waals surface area (Å²) in [5, 5.41) is 0. The largest absolute Gasteiger partial charge is 0.573 e. The number of benzene rings is 1. The van der Waals surface area contributed by atoms with Crippen molar-refractivity contribution in [2.75, 3.05) is 19.9 Å². The van der Waals surface area contributed by atoms with Crippen molar-refractivity contribution in [2.45, 2.75) is 30.5 Å². The molecule has 20 heavy (non-hydrogen) atoms. The van der Waals surface area contributed by atoms with Crippen molar-refractivity contribution in [3.8, 4) is 11.5 Å². The standard InChI is InChI=1S/C13H18F3NO2S/c1-18-12-9(5-3-4-6-17)7-10(20-2)8-11(12)19-13(14,15)16/h7-8H,3-6,17H2,1-2H3. The molecule has 114 valence electrons. The Bertz CT molecular complexity index is 438. The second-order valence-corrected chi connectivity index (χ2v) is 4.99. The van der Waals surface area contributed by atoms with E-state index in [0.717, 1.165) is 12.8 Å². The summed E-state index contributed by atoms with van der Waals surface area (Å²) in [6.45, 7) is 0.552. The van der Waals surface area contributed by atoms with Crippen LogP contribution < -0.4 is 15.2 Å². The number of unbranched alkanes of at least 4 members (excludes halogenated alkanes) is 1. The first-order valence-electron chi connectivity index (χ1n) is 6.12. The fourth-order valence-electron chi connectivity index (χ4n) is 1.83. The molecular formula is C13H18F3NO2S. The van der Waals surface area contributed by atoms with E-state index >= 15 is 0 Å². The summed E-state index contributed by atoms with van der Waals surface area (Å²) in [5.74, 6) is -0.160. The van der Waals surface area contributed by atoms with Crippen LogP contribution in [0.4, 0.5) is 13.2 Å². The first-order chi connectivity index (χ1) is 9.41. The van der Waals surface area contributed by atoms with E-state index in [2.05, 4.69) is 4.74 Å². The molecule has 0 aliphatic rings. The van der Waals surface area contributed by atoms with Gasteiger partial charge in [0.25, 0.3) is 0 Å². The smallest absolute Gasteiger partial charge is 0.493 e. The average molecular weight is 309 g/mol. The van der Waals surface area contributed by atoms with E-state index in [1.54, 1.807) is 6.26 Å². The quantitative estimate of drug-likeness (QED) is 0.617. The first-order valence-corrected chi connectivity index (χ1v) is 7.34. The van der Waals surface area contributed by atoms with Gasteiger partial charge in [-0.15, -0.1) is 24.9 Å². The summed E-state index contributed by atoms with van der Waals surface area (Å²) in [5.41, 5.74) is 6.12. The second-order valence-electron chi connectivity index (χ2n) is 4.11. The van der Waals surface area contributed by atoms with E-state index in [0.29, 0.717) is 23.4 Å². The lowest BCUT2D eigenvalue weighted by molar-refractivity contribution is -0.275. The van der Waals surface area contributed by atoms with Crippen LogP contribution in [0.1, 0.15) is 18.4 Å². The molecular weight excluding hydrogens is 291 g/mol. The van der Waals surface area contributed by atoms with Gasteiger partial charge in [0.2, 0.25) is 0 Å². The minimum Gasteiger partial charge on any atom is -0.493 e.